The summed E-state index contributed by atoms with van der Waals surface area (Å²) in [6.45, 7) is 2.08. The predicted molar refractivity (Wildman–Crippen MR) is 113 cm³/mol. The lowest BCUT2D eigenvalue weighted by molar-refractivity contribution is -0.124. The monoisotopic (exact) mass is 408 g/mol. The molecule has 0 spiro atoms. The Balaban J connectivity index is 1.56. The minimum atomic E-state index is -0.398. The van der Waals surface area contributed by atoms with Gasteiger partial charge in [0.1, 0.15) is 12.4 Å². The molecule has 0 saturated heterocycles. The first-order valence-corrected chi connectivity index (χ1v) is 10.4. The molecule has 4 rings (SSSR count). The topological polar surface area (TPSA) is 58.6 Å². The molecule has 1 aliphatic carbocycles. The maximum Gasteiger partial charge on any atom is 0.294 e. The van der Waals surface area contributed by atoms with E-state index in [1.54, 1.807) is 36.4 Å². The average molecular weight is 408 g/mol. The normalized spacial score (nSPS) is 22.4. The molecule has 156 valence electrons. The van der Waals surface area contributed by atoms with Crippen molar-refractivity contribution in [2.24, 2.45) is 5.92 Å². The van der Waals surface area contributed by atoms with Crippen LogP contribution >= 0.6 is 0 Å². The van der Waals surface area contributed by atoms with Gasteiger partial charge >= 0.3 is 0 Å². The lowest BCUT2D eigenvalue weighted by atomic mass is 9.86. The van der Waals surface area contributed by atoms with E-state index in [4.69, 9.17) is 4.74 Å². The number of carbonyl (C=O) groups excluding carboxylic acids is 2. The van der Waals surface area contributed by atoms with Gasteiger partial charge in [-0.15, -0.1) is 0 Å². The zero-order valence-corrected chi connectivity index (χ0v) is 16.9. The molecule has 1 aliphatic heterocycles. The first-order chi connectivity index (χ1) is 14.5. The van der Waals surface area contributed by atoms with Gasteiger partial charge in [-0.05, 0) is 54.7 Å². The molecule has 30 heavy (non-hydrogen) atoms. The molecule has 0 bridgehead atoms. The SMILES string of the molecule is C[C@H]1CCCC[C@H]1NC(=O)CN1C(=O)/C(=C\c2ccc(F)cc2)Oc2ccccc21. The number of halogens is 1. The Morgan fingerprint density at radius 1 is 1.17 bits per heavy atom. The number of carbonyl (C=O) groups is 2. The van der Waals surface area contributed by atoms with Gasteiger partial charge in [-0.25, -0.2) is 4.39 Å². The van der Waals surface area contributed by atoms with Crippen LogP contribution in [0, 0.1) is 11.7 Å². The lowest BCUT2D eigenvalue weighted by Crippen LogP contribution is -2.48. The second kappa shape index (κ2) is 8.69. The van der Waals surface area contributed by atoms with Crippen LogP contribution in [0.1, 0.15) is 38.2 Å². The summed E-state index contributed by atoms with van der Waals surface area (Å²) in [5.74, 6) is 0.103. The van der Waals surface area contributed by atoms with Crippen LogP contribution in [-0.4, -0.2) is 24.4 Å². The summed E-state index contributed by atoms with van der Waals surface area (Å²) >= 11 is 0. The van der Waals surface area contributed by atoms with Crippen molar-refractivity contribution < 1.29 is 18.7 Å². The average Bonchev–Trinajstić information content (AvgIpc) is 2.74. The standard InChI is InChI=1S/C24H25FN2O3/c1-16-6-2-3-7-19(16)26-23(28)15-27-20-8-4-5-9-21(20)30-22(24(27)29)14-17-10-12-18(25)13-11-17/h4-5,8-14,16,19H,2-3,6-7,15H2,1H3,(H,26,28)/b22-14+/t16-,19+/m0/s1. The van der Waals surface area contributed by atoms with Crippen LogP contribution in [0.25, 0.3) is 6.08 Å². The lowest BCUT2D eigenvalue weighted by Gasteiger charge is -2.32. The highest BCUT2D eigenvalue weighted by atomic mass is 19.1. The number of hydrogen-bond donors (Lipinski definition) is 1. The number of fused-ring (bicyclic) bond motifs is 1. The van der Waals surface area contributed by atoms with Gasteiger partial charge in [0.25, 0.3) is 5.91 Å². The molecule has 6 heteroatoms. The number of amides is 2. The molecule has 2 amide bonds. The fourth-order valence-electron chi connectivity index (χ4n) is 4.06. The number of anilines is 1. The van der Waals surface area contributed by atoms with Crippen molar-refractivity contribution in [2.45, 2.75) is 38.6 Å². The van der Waals surface area contributed by atoms with E-state index in [1.807, 2.05) is 6.07 Å². The summed E-state index contributed by atoms with van der Waals surface area (Å²) < 4.78 is 19.0. The van der Waals surface area contributed by atoms with Gasteiger partial charge in [-0.3, -0.25) is 14.5 Å². The Labute approximate surface area is 175 Å². The first kappa shape index (κ1) is 20.1. The van der Waals surface area contributed by atoms with Crippen molar-refractivity contribution in [1.82, 2.24) is 5.32 Å². The molecule has 2 aromatic carbocycles. The Bertz CT molecular complexity index is 971. The largest absolute Gasteiger partial charge is 0.449 e. The molecular weight excluding hydrogens is 383 g/mol. The number of hydrogen-bond acceptors (Lipinski definition) is 3. The minimum Gasteiger partial charge on any atom is -0.449 e. The Morgan fingerprint density at radius 3 is 2.67 bits per heavy atom. The maximum atomic E-state index is 13.2. The number of nitrogens with zero attached hydrogens (tertiary/aromatic N) is 1. The second-order valence-corrected chi connectivity index (χ2v) is 7.96. The molecule has 1 N–H and O–H groups in total. The number of para-hydroxylation sites is 2. The van der Waals surface area contributed by atoms with E-state index in [1.165, 1.54) is 23.5 Å². The van der Waals surface area contributed by atoms with E-state index >= 15 is 0 Å². The van der Waals surface area contributed by atoms with E-state index in [-0.39, 0.29) is 30.1 Å². The highest BCUT2D eigenvalue weighted by molar-refractivity contribution is 6.12. The summed E-state index contributed by atoms with van der Waals surface area (Å²) in [5, 5.41) is 3.10. The van der Waals surface area contributed by atoms with E-state index in [9.17, 15) is 14.0 Å². The van der Waals surface area contributed by atoms with Crippen LogP contribution in [-0.2, 0) is 9.59 Å². The van der Waals surface area contributed by atoms with Gasteiger partial charge in [-0.1, -0.05) is 44.0 Å². The Morgan fingerprint density at radius 2 is 1.90 bits per heavy atom. The van der Waals surface area contributed by atoms with Crippen molar-refractivity contribution in [3.05, 3.63) is 65.7 Å². The number of benzene rings is 2. The van der Waals surface area contributed by atoms with Crippen LogP contribution < -0.4 is 15.0 Å². The molecule has 0 radical (unpaired) electrons. The molecule has 1 heterocycles. The zero-order chi connectivity index (χ0) is 21.1. The summed E-state index contributed by atoms with van der Waals surface area (Å²) in [4.78, 5) is 27.3. The van der Waals surface area contributed by atoms with Crippen LogP contribution in [0.15, 0.2) is 54.3 Å². The van der Waals surface area contributed by atoms with Crippen LogP contribution in [0.3, 0.4) is 0 Å². The van der Waals surface area contributed by atoms with Crippen molar-refractivity contribution >= 4 is 23.6 Å². The highest BCUT2D eigenvalue weighted by Crippen LogP contribution is 2.35. The molecule has 1 saturated carbocycles. The number of nitrogens with one attached hydrogen (secondary N) is 1. The predicted octanol–water partition coefficient (Wildman–Crippen LogP) is 4.29. The summed E-state index contributed by atoms with van der Waals surface area (Å²) in [7, 11) is 0. The Hall–Kier alpha value is -3.15. The summed E-state index contributed by atoms with van der Waals surface area (Å²) in [6, 6.07) is 13.1. The number of ether oxygens (including phenoxy) is 1. The van der Waals surface area contributed by atoms with Gasteiger partial charge in [0.15, 0.2) is 11.5 Å². The smallest absolute Gasteiger partial charge is 0.294 e. The fraction of sp³-hybridized carbons (Fsp3) is 0.333. The van der Waals surface area contributed by atoms with Crippen molar-refractivity contribution in [1.29, 1.82) is 0 Å². The van der Waals surface area contributed by atoms with Crippen molar-refractivity contribution in [3.63, 3.8) is 0 Å². The molecule has 2 atom stereocenters. The van der Waals surface area contributed by atoms with Gasteiger partial charge in [0.05, 0.1) is 5.69 Å². The molecule has 0 unspecified atom stereocenters. The van der Waals surface area contributed by atoms with E-state index in [0.29, 0.717) is 22.9 Å². The van der Waals surface area contributed by atoms with E-state index in [2.05, 4.69) is 12.2 Å². The van der Waals surface area contributed by atoms with Crippen LogP contribution in [0.5, 0.6) is 5.75 Å². The molecule has 2 aliphatic rings. The third-order valence-corrected chi connectivity index (χ3v) is 5.76. The molecule has 1 fully saturated rings. The quantitative estimate of drug-likeness (QED) is 0.768. The zero-order valence-electron chi connectivity index (χ0n) is 16.9. The second-order valence-electron chi connectivity index (χ2n) is 7.96. The number of rotatable bonds is 4. The third kappa shape index (κ3) is 4.37. The summed E-state index contributed by atoms with van der Waals surface area (Å²) in [6.07, 6.45) is 5.94. The fourth-order valence-corrected chi connectivity index (χ4v) is 4.06. The first-order valence-electron chi connectivity index (χ1n) is 10.4. The van der Waals surface area contributed by atoms with Gasteiger partial charge in [0, 0.05) is 6.04 Å². The van der Waals surface area contributed by atoms with Crippen LogP contribution in [0.4, 0.5) is 10.1 Å². The molecular formula is C24H25FN2O3. The highest BCUT2D eigenvalue weighted by Gasteiger charge is 2.32. The van der Waals surface area contributed by atoms with Gasteiger partial charge < -0.3 is 10.1 Å². The minimum absolute atomic E-state index is 0.0802. The van der Waals surface area contributed by atoms with Gasteiger partial charge in [0.2, 0.25) is 5.91 Å². The maximum absolute atomic E-state index is 13.2. The van der Waals surface area contributed by atoms with Crippen LogP contribution in [0.2, 0.25) is 0 Å². The molecule has 2 aromatic rings. The van der Waals surface area contributed by atoms with E-state index < -0.39 is 5.91 Å². The third-order valence-electron chi connectivity index (χ3n) is 5.76. The Kier molecular flexibility index (Phi) is 5.84. The van der Waals surface area contributed by atoms with Gasteiger partial charge in [-0.2, -0.15) is 0 Å². The molecule has 5 nitrogen and oxygen atoms in total. The van der Waals surface area contributed by atoms with Crippen molar-refractivity contribution in [3.8, 4) is 5.75 Å². The summed E-state index contributed by atoms with van der Waals surface area (Å²) in [5.41, 5.74) is 1.20. The van der Waals surface area contributed by atoms with E-state index in [0.717, 1.165) is 19.3 Å². The molecule has 0 aromatic heterocycles. The van der Waals surface area contributed by atoms with Crippen molar-refractivity contribution in [2.75, 3.05) is 11.4 Å².